The van der Waals surface area contributed by atoms with Gasteiger partial charge < -0.3 is 4.74 Å². The van der Waals surface area contributed by atoms with Crippen LogP contribution in [0.25, 0.3) is 40.2 Å². The highest BCUT2D eigenvalue weighted by Gasteiger charge is 2.14. The number of hydrogen-bond donors (Lipinski definition) is 1. The summed E-state index contributed by atoms with van der Waals surface area (Å²) in [6.07, 6.45) is 6.86. The third kappa shape index (κ3) is 7.53. The Kier molecular flexibility index (Phi) is 9.01. The van der Waals surface area contributed by atoms with Crippen molar-refractivity contribution in [2.75, 3.05) is 17.6 Å². The van der Waals surface area contributed by atoms with E-state index in [0.717, 1.165) is 34.2 Å². The van der Waals surface area contributed by atoms with Crippen LogP contribution in [0, 0.1) is 0 Å². The number of nitrogens with zero attached hydrogens (tertiary/aromatic N) is 2. The van der Waals surface area contributed by atoms with Gasteiger partial charge in [-0.15, -0.1) is 0 Å². The maximum atomic E-state index is 12.2. The minimum Gasteiger partial charge on any atom is -0.462 e. The van der Waals surface area contributed by atoms with Crippen LogP contribution >= 0.6 is 23.2 Å². The van der Waals surface area contributed by atoms with Gasteiger partial charge in [-0.25, -0.2) is 18.2 Å². The van der Waals surface area contributed by atoms with Crippen molar-refractivity contribution in [3.05, 3.63) is 124 Å². The van der Waals surface area contributed by atoms with Crippen LogP contribution in [0.1, 0.15) is 28.7 Å². The van der Waals surface area contributed by atoms with Crippen LogP contribution in [0.5, 0.6) is 0 Å². The first-order valence-electron chi connectivity index (χ1n) is 13.3. The molecule has 0 spiro atoms. The van der Waals surface area contributed by atoms with Crippen molar-refractivity contribution < 1.29 is 17.9 Å². The van der Waals surface area contributed by atoms with E-state index < -0.39 is 10.0 Å². The molecule has 4 aromatic carbocycles. The molecule has 0 bridgehead atoms. The Labute approximate surface area is 260 Å². The molecule has 1 aromatic heterocycles. The quantitative estimate of drug-likeness (QED) is 0.165. The average molecular weight is 633 g/mol. The largest absolute Gasteiger partial charge is 0.462 e. The Morgan fingerprint density at radius 3 is 2.35 bits per heavy atom. The molecule has 5 rings (SSSR count). The van der Waals surface area contributed by atoms with Crippen LogP contribution in [0.3, 0.4) is 0 Å². The summed E-state index contributed by atoms with van der Waals surface area (Å²) in [6.45, 7) is 2.07. The average Bonchev–Trinajstić information content (AvgIpc) is 3.39. The fraction of sp³-hybridized carbons (Fsp3) is 0.0909. The van der Waals surface area contributed by atoms with Crippen molar-refractivity contribution in [3.63, 3.8) is 0 Å². The highest BCUT2D eigenvalue weighted by atomic mass is 35.5. The summed E-state index contributed by atoms with van der Waals surface area (Å²) in [7, 11) is -3.37. The molecule has 0 amide bonds. The second-order valence-corrected chi connectivity index (χ2v) is 12.2. The summed E-state index contributed by atoms with van der Waals surface area (Å²) in [4.78, 5) is 17.0. The summed E-state index contributed by atoms with van der Waals surface area (Å²) in [5.74, 6) is 0.267. The lowest BCUT2D eigenvalue weighted by Crippen LogP contribution is -2.09. The number of halogens is 2. The van der Waals surface area contributed by atoms with Crippen molar-refractivity contribution in [2.45, 2.75) is 6.92 Å². The predicted octanol–water partition coefficient (Wildman–Crippen LogP) is 8.23. The molecule has 0 fully saturated rings. The van der Waals surface area contributed by atoms with Crippen LogP contribution < -0.4 is 4.72 Å². The number of benzene rings is 4. The number of hydrogen-bond acceptors (Lipinski definition) is 5. The molecule has 0 aliphatic heterocycles. The predicted molar refractivity (Wildman–Crippen MR) is 174 cm³/mol. The van der Waals surface area contributed by atoms with Crippen LogP contribution in [0.4, 0.5) is 5.69 Å². The van der Waals surface area contributed by atoms with Crippen molar-refractivity contribution in [1.29, 1.82) is 0 Å². The Morgan fingerprint density at radius 2 is 1.67 bits per heavy atom. The SMILES string of the molecule is CCOC(=O)c1ccc(-n2cc(-c3ccc(Cl)cc3Cl)nc2C=Cc2ccc(-c3cccc(NS(C)(=O)=O)c3)cc2)cc1. The lowest BCUT2D eigenvalue weighted by atomic mass is 10.0. The van der Waals surface area contributed by atoms with Crippen molar-refractivity contribution >= 4 is 57.0 Å². The van der Waals surface area contributed by atoms with E-state index in [0.29, 0.717) is 39.4 Å². The monoisotopic (exact) mass is 631 g/mol. The van der Waals surface area contributed by atoms with E-state index in [1.165, 1.54) is 0 Å². The zero-order valence-corrected chi connectivity index (χ0v) is 25.6. The molecule has 10 heteroatoms. The van der Waals surface area contributed by atoms with Gasteiger partial charge >= 0.3 is 5.97 Å². The number of carbonyl (C=O) groups is 1. The van der Waals surface area contributed by atoms with Gasteiger partial charge in [0.25, 0.3) is 0 Å². The fourth-order valence-corrected chi connectivity index (χ4v) is 5.51. The first-order chi connectivity index (χ1) is 20.6. The topological polar surface area (TPSA) is 90.3 Å². The molecule has 1 N–H and O–H groups in total. The molecule has 0 aliphatic carbocycles. The number of esters is 1. The molecule has 0 unspecified atom stereocenters. The molecular weight excluding hydrogens is 605 g/mol. The molecule has 0 aliphatic rings. The zero-order valence-electron chi connectivity index (χ0n) is 23.3. The molecule has 43 heavy (non-hydrogen) atoms. The van der Waals surface area contributed by atoms with Crippen LogP contribution in [-0.2, 0) is 14.8 Å². The minimum atomic E-state index is -3.37. The van der Waals surface area contributed by atoms with E-state index in [2.05, 4.69) is 4.72 Å². The van der Waals surface area contributed by atoms with Crippen LogP contribution in [-0.4, -0.2) is 36.8 Å². The number of aromatic nitrogens is 2. The van der Waals surface area contributed by atoms with Gasteiger partial charge in [0, 0.05) is 28.2 Å². The maximum absolute atomic E-state index is 12.2. The molecular formula is C33H27Cl2N3O4S. The Hall–Kier alpha value is -4.37. The summed E-state index contributed by atoms with van der Waals surface area (Å²) in [5, 5.41) is 1.02. The van der Waals surface area contributed by atoms with E-state index >= 15 is 0 Å². The Balaban J connectivity index is 1.46. The Morgan fingerprint density at radius 1 is 0.930 bits per heavy atom. The third-order valence-corrected chi connectivity index (χ3v) is 7.59. The highest BCUT2D eigenvalue weighted by molar-refractivity contribution is 7.92. The molecule has 0 radical (unpaired) electrons. The number of sulfonamides is 1. The van der Waals surface area contributed by atoms with E-state index in [1.807, 2.05) is 71.4 Å². The lowest BCUT2D eigenvalue weighted by Gasteiger charge is -2.08. The van der Waals surface area contributed by atoms with Crippen LogP contribution in [0.15, 0.2) is 97.2 Å². The first kappa shape index (κ1) is 30.1. The fourth-order valence-electron chi connectivity index (χ4n) is 4.45. The van der Waals surface area contributed by atoms with E-state index in [-0.39, 0.29) is 5.97 Å². The molecule has 0 atom stereocenters. The van der Waals surface area contributed by atoms with E-state index in [9.17, 15) is 13.2 Å². The highest BCUT2D eigenvalue weighted by Crippen LogP contribution is 2.31. The normalized spacial score (nSPS) is 11.5. The maximum Gasteiger partial charge on any atom is 0.338 e. The number of anilines is 1. The van der Waals surface area contributed by atoms with Gasteiger partial charge in [-0.2, -0.15) is 0 Å². The molecule has 0 saturated heterocycles. The van der Waals surface area contributed by atoms with Gasteiger partial charge in [0.2, 0.25) is 10.0 Å². The smallest absolute Gasteiger partial charge is 0.338 e. The van der Waals surface area contributed by atoms with Gasteiger partial charge in [0.05, 0.1) is 29.1 Å². The number of carbonyl (C=O) groups excluding carboxylic acids is 1. The summed E-state index contributed by atoms with van der Waals surface area (Å²) < 4.78 is 32.8. The third-order valence-electron chi connectivity index (χ3n) is 6.43. The number of ether oxygens (including phenoxy) is 1. The molecule has 218 valence electrons. The van der Waals surface area contributed by atoms with Gasteiger partial charge in [-0.1, -0.05) is 65.7 Å². The van der Waals surface area contributed by atoms with E-state index in [4.69, 9.17) is 32.9 Å². The van der Waals surface area contributed by atoms with Crippen molar-refractivity contribution in [1.82, 2.24) is 9.55 Å². The van der Waals surface area contributed by atoms with Crippen molar-refractivity contribution in [3.8, 4) is 28.1 Å². The van der Waals surface area contributed by atoms with Gasteiger partial charge in [-0.05, 0) is 84.3 Å². The van der Waals surface area contributed by atoms with Gasteiger partial charge in [-0.3, -0.25) is 9.29 Å². The van der Waals surface area contributed by atoms with Crippen molar-refractivity contribution in [2.24, 2.45) is 0 Å². The summed E-state index contributed by atoms with van der Waals surface area (Å²) in [5.41, 5.74) is 5.92. The molecule has 0 saturated carbocycles. The zero-order chi connectivity index (χ0) is 30.6. The number of rotatable bonds is 9. The van der Waals surface area contributed by atoms with Gasteiger partial charge in [0.1, 0.15) is 5.82 Å². The minimum absolute atomic E-state index is 0.302. The van der Waals surface area contributed by atoms with Gasteiger partial charge in [0.15, 0.2) is 0 Å². The number of nitrogens with one attached hydrogen (secondary N) is 1. The first-order valence-corrected chi connectivity index (χ1v) is 15.9. The summed E-state index contributed by atoms with van der Waals surface area (Å²) in [6, 6.07) is 27.5. The molecule has 7 nitrogen and oxygen atoms in total. The van der Waals surface area contributed by atoms with Crippen LogP contribution in [0.2, 0.25) is 10.0 Å². The number of imidazole rings is 1. The molecule has 5 aromatic rings. The second kappa shape index (κ2) is 12.9. The summed E-state index contributed by atoms with van der Waals surface area (Å²) >= 11 is 12.6. The molecule has 1 heterocycles. The standard InChI is InChI=1S/C33H27Cl2N3O4S/c1-3-42-33(39)24-12-15-28(16-13-24)38-21-31(29-17-14-26(34)20-30(29)35)36-32(38)18-9-22-7-10-23(11-8-22)25-5-4-6-27(19-25)37-43(2,40)41/h4-21,37H,3H2,1-2H3. The lowest BCUT2D eigenvalue weighted by molar-refractivity contribution is 0.0526. The van der Waals surface area contributed by atoms with E-state index in [1.54, 1.807) is 49.4 Å². The second-order valence-electron chi connectivity index (χ2n) is 9.66. The Bertz CT molecular complexity index is 1920.